The molecule has 0 spiro atoms. The zero-order valence-electron chi connectivity index (χ0n) is 8.85. The van der Waals surface area contributed by atoms with Crippen LogP contribution in [-0.2, 0) is 4.79 Å². The van der Waals surface area contributed by atoms with Gasteiger partial charge >= 0.3 is 0 Å². The van der Waals surface area contributed by atoms with Crippen LogP contribution in [0.4, 0.5) is 0 Å². The molecule has 0 heterocycles. The molecule has 2 nitrogen and oxygen atoms in total. The van der Waals surface area contributed by atoms with E-state index in [1.54, 1.807) is 0 Å². The Kier molecular flexibility index (Phi) is 3.10. The van der Waals surface area contributed by atoms with Crippen molar-refractivity contribution in [3.63, 3.8) is 0 Å². The Hall–Kier alpha value is -1.96. The quantitative estimate of drug-likeness (QED) is 0.576. The predicted octanol–water partition coefficient (Wildman–Crippen LogP) is 3.00. The Morgan fingerprint density at radius 2 is 1.81 bits per heavy atom. The van der Waals surface area contributed by atoms with Crippen LogP contribution < -0.4 is 0 Å². The van der Waals surface area contributed by atoms with Crippen molar-refractivity contribution in [1.29, 1.82) is 0 Å². The van der Waals surface area contributed by atoms with Crippen LogP contribution >= 0.6 is 0 Å². The first-order valence-electron chi connectivity index (χ1n) is 5.27. The van der Waals surface area contributed by atoms with Gasteiger partial charge in [0.05, 0.1) is 0 Å². The lowest BCUT2D eigenvalue weighted by molar-refractivity contribution is -0.107. The minimum atomic E-state index is 0.0258. The van der Waals surface area contributed by atoms with Gasteiger partial charge in [-0.3, -0.25) is 4.79 Å². The van der Waals surface area contributed by atoms with Gasteiger partial charge < -0.3 is 4.79 Å². The SMILES string of the molecule is O=CCCC(=O)c1ccc2ccccc2c1. The van der Waals surface area contributed by atoms with E-state index in [0.717, 1.165) is 17.1 Å². The van der Waals surface area contributed by atoms with Crippen LogP contribution in [0.1, 0.15) is 23.2 Å². The first kappa shape index (κ1) is 10.6. The normalized spacial score (nSPS) is 10.2. The lowest BCUT2D eigenvalue weighted by Crippen LogP contribution is -1.98. The van der Waals surface area contributed by atoms with Crippen molar-refractivity contribution in [2.45, 2.75) is 12.8 Å². The summed E-state index contributed by atoms with van der Waals surface area (Å²) >= 11 is 0. The molecule has 0 atom stereocenters. The van der Waals surface area contributed by atoms with E-state index in [2.05, 4.69) is 0 Å². The molecule has 0 aromatic heterocycles. The molecule has 0 radical (unpaired) electrons. The summed E-state index contributed by atoms with van der Waals surface area (Å²) in [6.45, 7) is 0. The van der Waals surface area contributed by atoms with E-state index in [4.69, 9.17) is 0 Å². The standard InChI is InChI=1S/C14H12O2/c15-9-3-6-14(16)13-8-7-11-4-1-2-5-12(11)10-13/h1-2,4-5,7-10H,3,6H2. The molecule has 2 rings (SSSR count). The first-order valence-corrected chi connectivity index (χ1v) is 5.27. The van der Waals surface area contributed by atoms with E-state index in [1.807, 2.05) is 42.5 Å². The Morgan fingerprint density at radius 1 is 1.06 bits per heavy atom. The maximum absolute atomic E-state index is 11.7. The Balaban J connectivity index is 2.32. The molecule has 0 saturated carbocycles. The lowest BCUT2D eigenvalue weighted by Gasteiger charge is -2.01. The average Bonchev–Trinajstić information content (AvgIpc) is 2.35. The average molecular weight is 212 g/mol. The van der Waals surface area contributed by atoms with Crippen LogP contribution in [-0.4, -0.2) is 12.1 Å². The zero-order valence-corrected chi connectivity index (χ0v) is 8.85. The fourth-order valence-corrected chi connectivity index (χ4v) is 1.70. The zero-order chi connectivity index (χ0) is 11.4. The van der Waals surface area contributed by atoms with Crippen LogP contribution in [0.15, 0.2) is 42.5 Å². The molecule has 0 amide bonds. The smallest absolute Gasteiger partial charge is 0.163 e. The molecule has 0 aliphatic carbocycles. The molecule has 0 fully saturated rings. The second-order valence-corrected chi connectivity index (χ2v) is 3.69. The molecule has 2 aromatic carbocycles. The van der Waals surface area contributed by atoms with Crippen LogP contribution in [0.5, 0.6) is 0 Å². The van der Waals surface area contributed by atoms with Gasteiger partial charge in [-0.05, 0) is 16.8 Å². The summed E-state index contributed by atoms with van der Waals surface area (Å²) in [5, 5.41) is 2.17. The minimum Gasteiger partial charge on any atom is -0.303 e. The molecule has 0 bridgehead atoms. The third-order valence-corrected chi connectivity index (χ3v) is 2.56. The number of hydrogen-bond donors (Lipinski definition) is 0. The third-order valence-electron chi connectivity index (χ3n) is 2.56. The van der Waals surface area contributed by atoms with Gasteiger partial charge in [0.15, 0.2) is 5.78 Å². The van der Waals surface area contributed by atoms with Gasteiger partial charge in [0.2, 0.25) is 0 Å². The maximum Gasteiger partial charge on any atom is 0.163 e. The van der Waals surface area contributed by atoms with Gasteiger partial charge in [-0.15, -0.1) is 0 Å². The van der Waals surface area contributed by atoms with Crippen LogP contribution in [0.3, 0.4) is 0 Å². The maximum atomic E-state index is 11.7. The summed E-state index contributed by atoms with van der Waals surface area (Å²) in [6, 6.07) is 13.5. The van der Waals surface area contributed by atoms with Gasteiger partial charge in [-0.1, -0.05) is 36.4 Å². The van der Waals surface area contributed by atoms with Crippen molar-refractivity contribution in [3.8, 4) is 0 Å². The van der Waals surface area contributed by atoms with Crippen molar-refractivity contribution in [2.75, 3.05) is 0 Å². The number of carbonyl (C=O) groups is 2. The molecule has 80 valence electrons. The van der Waals surface area contributed by atoms with Crippen molar-refractivity contribution < 1.29 is 9.59 Å². The highest BCUT2D eigenvalue weighted by molar-refractivity contribution is 6.00. The van der Waals surface area contributed by atoms with Crippen molar-refractivity contribution in [2.24, 2.45) is 0 Å². The topological polar surface area (TPSA) is 34.1 Å². The Labute approximate surface area is 93.9 Å². The number of hydrogen-bond acceptors (Lipinski definition) is 2. The number of ketones is 1. The number of benzene rings is 2. The highest BCUT2D eigenvalue weighted by Gasteiger charge is 2.05. The summed E-state index contributed by atoms with van der Waals surface area (Å²) < 4.78 is 0. The van der Waals surface area contributed by atoms with E-state index < -0.39 is 0 Å². The molecule has 2 heteroatoms. The number of rotatable bonds is 4. The largest absolute Gasteiger partial charge is 0.303 e. The van der Waals surface area contributed by atoms with Gasteiger partial charge in [0.1, 0.15) is 6.29 Å². The van der Waals surface area contributed by atoms with Gasteiger partial charge in [0.25, 0.3) is 0 Å². The molecule has 0 aliphatic heterocycles. The number of aldehydes is 1. The Bertz CT molecular complexity index is 529. The van der Waals surface area contributed by atoms with E-state index in [-0.39, 0.29) is 5.78 Å². The highest BCUT2D eigenvalue weighted by atomic mass is 16.1. The van der Waals surface area contributed by atoms with Crippen molar-refractivity contribution in [1.82, 2.24) is 0 Å². The van der Waals surface area contributed by atoms with Gasteiger partial charge in [-0.2, -0.15) is 0 Å². The molecular weight excluding hydrogens is 200 g/mol. The lowest BCUT2D eigenvalue weighted by atomic mass is 10.0. The summed E-state index contributed by atoms with van der Waals surface area (Å²) in [5.74, 6) is 0.0258. The third kappa shape index (κ3) is 2.16. The van der Waals surface area contributed by atoms with E-state index in [1.165, 1.54) is 0 Å². The van der Waals surface area contributed by atoms with E-state index >= 15 is 0 Å². The molecule has 2 aromatic rings. The van der Waals surface area contributed by atoms with Gasteiger partial charge in [-0.25, -0.2) is 0 Å². The van der Waals surface area contributed by atoms with Crippen LogP contribution in [0.2, 0.25) is 0 Å². The van der Waals surface area contributed by atoms with Crippen molar-refractivity contribution >= 4 is 22.8 Å². The monoisotopic (exact) mass is 212 g/mol. The van der Waals surface area contributed by atoms with E-state index in [9.17, 15) is 9.59 Å². The molecule has 16 heavy (non-hydrogen) atoms. The highest BCUT2D eigenvalue weighted by Crippen LogP contribution is 2.16. The second kappa shape index (κ2) is 4.71. The fraction of sp³-hybridized carbons (Fsp3) is 0.143. The molecule has 0 aliphatic rings. The molecule has 0 N–H and O–H groups in total. The number of fused-ring (bicyclic) bond motifs is 1. The summed E-state index contributed by atoms with van der Waals surface area (Å²) in [6.07, 6.45) is 1.37. The summed E-state index contributed by atoms with van der Waals surface area (Å²) in [4.78, 5) is 21.9. The summed E-state index contributed by atoms with van der Waals surface area (Å²) in [7, 11) is 0. The van der Waals surface area contributed by atoms with E-state index in [0.29, 0.717) is 18.4 Å². The number of carbonyl (C=O) groups excluding carboxylic acids is 2. The van der Waals surface area contributed by atoms with Crippen LogP contribution in [0, 0.1) is 0 Å². The Morgan fingerprint density at radius 3 is 2.56 bits per heavy atom. The van der Waals surface area contributed by atoms with Gasteiger partial charge in [0, 0.05) is 18.4 Å². The first-order chi connectivity index (χ1) is 7.81. The second-order valence-electron chi connectivity index (χ2n) is 3.69. The van der Waals surface area contributed by atoms with Crippen LogP contribution in [0.25, 0.3) is 10.8 Å². The molecular formula is C14H12O2. The number of Topliss-reactive ketones (excluding diaryl/α,β-unsaturated/α-hetero) is 1. The fourth-order valence-electron chi connectivity index (χ4n) is 1.70. The van der Waals surface area contributed by atoms with Crippen molar-refractivity contribution in [3.05, 3.63) is 48.0 Å². The predicted molar refractivity (Wildman–Crippen MR) is 63.6 cm³/mol. The molecule has 0 saturated heterocycles. The minimum absolute atomic E-state index is 0.0258. The molecule has 0 unspecified atom stereocenters. The summed E-state index contributed by atoms with van der Waals surface area (Å²) in [5.41, 5.74) is 0.681.